The fourth-order valence-corrected chi connectivity index (χ4v) is 2.08. The average Bonchev–Trinajstić information content (AvgIpc) is 2.85. The number of nitrogens with one attached hydrogen (secondary N) is 1. The van der Waals surface area contributed by atoms with E-state index in [1.54, 1.807) is 0 Å². The third kappa shape index (κ3) is 6.42. The van der Waals surface area contributed by atoms with Crippen molar-refractivity contribution in [2.45, 2.75) is 44.9 Å². The van der Waals surface area contributed by atoms with Crippen LogP contribution in [0.5, 0.6) is 0 Å². The van der Waals surface area contributed by atoms with E-state index in [1.165, 1.54) is 7.11 Å². The Labute approximate surface area is 109 Å². The highest BCUT2D eigenvalue weighted by atomic mass is 16.5. The topological polar surface area (TPSA) is 55.4 Å². The van der Waals surface area contributed by atoms with Crippen molar-refractivity contribution in [3.8, 4) is 0 Å². The van der Waals surface area contributed by atoms with Gasteiger partial charge in [-0.1, -0.05) is 18.6 Å². The van der Waals surface area contributed by atoms with Gasteiger partial charge in [-0.2, -0.15) is 0 Å². The third-order valence-electron chi connectivity index (χ3n) is 3.17. The van der Waals surface area contributed by atoms with Crippen molar-refractivity contribution in [2.75, 3.05) is 13.7 Å². The summed E-state index contributed by atoms with van der Waals surface area (Å²) < 4.78 is 4.55. The van der Waals surface area contributed by atoms with Crippen LogP contribution in [0.25, 0.3) is 0 Å². The summed E-state index contributed by atoms with van der Waals surface area (Å²) in [5, 5.41) is 2.92. The normalized spacial score (nSPS) is 17.7. The Morgan fingerprint density at radius 3 is 2.83 bits per heavy atom. The first-order chi connectivity index (χ1) is 8.72. The third-order valence-corrected chi connectivity index (χ3v) is 3.17. The fourth-order valence-electron chi connectivity index (χ4n) is 2.08. The summed E-state index contributed by atoms with van der Waals surface area (Å²) in [4.78, 5) is 22.4. The predicted octanol–water partition coefficient (Wildman–Crippen LogP) is 2.19. The monoisotopic (exact) mass is 253 g/mol. The highest BCUT2D eigenvalue weighted by Gasteiger charge is 2.13. The maximum atomic E-state index is 11.6. The summed E-state index contributed by atoms with van der Waals surface area (Å²) in [5.74, 6) is 0.413. The highest BCUT2D eigenvalue weighted by Crippen LogP contribution is 2.19. The van der Waals surface area contributed by atoms with E-state index in [4.69, 9.17) is 0 Å². The van der Waals surface area contributed by atoms with Crippen molar-refractivity contribution in [1.82, 2.24) is 5.32 Å². The zero-order valence-electron chi connectivity index (χ0n) is 11.1. The zero-order chi connectivity index (χ0) is 13.2. The first-order valence-corrected chi connectivity index (χ1v) is 6.72. The van der Waals surface area contributed by atoms with Gasteiger partial charge in [-0.15, -0.1) is 0 Å². The molecule has 0 saturated heterocycles. The van der Waals surface area contributed by atoms with E-state index in [9.17, 15) is 9.59 Å². The van der Waals surface area contributed by atoms with Crippen LogP contribution in [-0.4, -0.2) is 25.5 Å². The van der Waals surface area contributed by atoms with Gasteiger partial charge >= 0.3 is 5.97 Å². The van der Waals surface area contributed by atoms with E-state index < -0.39 is 0 Å². The summed E-state index contributed by atoms with van der Waals surface area (Å²) in [7, 11) is 1.40. The van der Waals surface area contributed by atoms with Gasteiger partial charge in [0.05, 0.1) is 7.11 Å². The van der Waals surface area contributed by atoms with Crippen LogP contribution in [0.3, 0.4) is 0 Å². The molecule has 1 atom stereocenters. The fraction of sp³-hybridized carbons (Fsp3) is 0.714. The van der Waals surface area contributed by atoms with Gasteiger partial charge in [-0.05, 0) is 31.6 Å². The summed E-state index contributed by atoms with van der Waals surface area (Å²) >= 11 is 0. The van der Waals surface area contributed by atoms with E-state index in [1.807, 2.05) is 0 Å². The Morgan fingerprint density at radius 2 is 2.17 bits per heavy atom. The van der Waals surface area contributed by atoms with Gasteiger partial charge in [-0.25, -0.2) is 0 Å². The zero-order valence-corrected chi connectivity index (χ0v) is 11.1. The van der Waals surface area contributed by atoms with Crippen LogP contribution in [0.2, 0.25) is 0 Å². The van der Waals surface area contributed by atoms with Crippen LogP contribution < -0.4 is 5.32 Å². The molecule has 0 aliphatic heterocycles. The highest BCUT2D eigenvalue weighted by molar-refractivity contribution is 5.76. The number of unbranched alkanes of at least 4 members (excludes halogenated alkanes) is 2. The second-order valence-corrected chi connectivity index (χ2v) is 4.71. The maximum absolute atomic E-state index is 11.6. The van der Waals surface area contributed by atoms with E-state index in [0.717, 1.165) is 32.1 Å². The van der Waals surface area contributed by atoms with Gasteiger partial charge in [0.25, 0.3) is 0 Å². The van der Waals surface area contributed by atoms with Gasteiger partial charge in [-0.3, -0.25) is 9.59 Å². The molecule has 18 heavy (non-hydrogen) atoms. The lowest BCUT2D eigenvalue weighted by Crippen LogP contribution is -2.25. The molecule has 1 N–H and O–H groups in total. The number of rotatable bonds is 8. The molecule has 4 nitrogen and oxygen atoms in total. The Bertz CT molecular complexity index is 299. The van der Waals surface area contributed by atoms with Crippen LogP contribution in [0.4, 0.5) is 0 Å². The first-order valence-electron chi connectivity index (χ1n) is 6.72. The molecule has 0 spiro atoms. The quantitative estimate of drug-likeness (QED) is 0.410. The van der Waals surface area contributed by atoms with Crippen molar-refractivity contribution < 1.29 is 14.3 Å². The van der Waals surface area contributed by atoms with Gasteiger partial charge in [0.15, 0.2) is 0 Å². The summed E-state index contributed by atoms with van der Waals surface area (Å²) in [5.41, 5.74) is 0. The molecule has 4 heteroatoms. The molecule has 0 fully saturated rings. The van der Waals surface area contributed by atoms with Crippen molar-refractivity contribution in [1.29, 1.82) is 0 Å². The van der Waals surface area contributed by atoms with Crippen LogP contribution in [0.1, 0.15) is 44.9 Å². The summed E-state index contributed by atoms with van der Waals surface area (Å²) in [6.45, 7) is 0.705. The van der Waals surface area contributed by atoms with E-state index in [-0.39, 0.29) is 11.9 Å². The van der Waals surface area contributed by atoms with Gasteiger partial charge in [0.1, 0.15) is 0 Å². The van der Waals surface area contributed by atoms with E-state index in [0.29, 0.717) is 25.3 Å². The molecule has 1 aliphatic carbocycles. The summed E-state index contributed by atoms with van der Waals surface area (Å²) in [6.07, 6.45) is 10.3. The van der Waals surface area contributed by atoms with Crippen molar-refractivity contribution >= 4 is 11.9 Å². The van der Waals surface area contributed by atoms with Gasteiger partial charge in [0.2, 0.25) is 5.91 Å². The molecule has 0 heterocycles. The molecule has 1 rings (SSSR count). The number of ether oxygens (including phenoxy) is 1. The Morgan fingerprint density at radius 1 is 1.33 bits per heavy atom. The lowest BCUT2D eigenvalue weighted by atomic mass is 10.1. The second-order valence-electron chi connectivity index (χ2n) is 4.71. The van der Waals surface area contributed by atoms with Crippen LogP contribution in [-0.2, 0) is 14.3 Å². The van der Waals surface area contributed by atoms with E-state index in [2.05, 4.69) is 22.2 Å². The van der Waals surface area contributed by atoms with Crippen LogP contribution in [0.15, 0.2) is 12.2 Å². The average molecular weight is 253 g/mol. The SMILES string of the molecule is COC(=O)CCCCCNC(=O)CC1C=CCC1. The molecule has 0 aromatic rings. The van der Waals surface area contributed by atoms with Gasteiger partial charge in [0, 0.05) is 19.4 Å². The molecule has 0 aromatic heterocycles. The Balaban J connectivity index is 1.92. The molecule has 102 valence electrons. The van der Waals surface area contributed by atoms with Crippen molar-refractivity contribution in [3.05, 3.63) is 12.2 Å². The molecular formula is C14H23NO3. The number of carbonyl (C=O) groups is 2. The number of carbonyl (C=O) groups excluding carboxylic acids is 2. The minimum Gasteiger partial charge on any atom is -0.469 e. The largest absolute Gasteiger partial charge is 0.469 e. The van der Waals surface area contributed by atoms with Crippen molar-refractivity contribution in [3.63, 3.8) is 0 Å². The number of hydrogen-bond donors (Lipinski definition) is 1. The maximum Gasteiger partial charge on any atom is 0.305 e. The molecule has 0 saturated carbocycles. The van der Waals surface area contributed by atoms with Gasteiger partial charge < -0.3 is 10.1 Å². The van der Waals surface area contributed by atoms with Crippen molar-refractivity contribution in [2.24, 2.45) is 5.92 Å². The lowest BCUT2D eigenvalue weighted by molar-refractivity contribution is -0.140. The minimum absolute atomic E-state index is 0.138. The molecule has 1 amide bonds. The molecular weight excluding hydrogens is 230 g/mol. The lowest BCUT2D eigenvalue weighted by Gasteiger charge is -2.08. The number of esters is 1. The molecule has 0 bridgehead atoms. The van der Waals surface area contributed by atoms with E-state index >= 15 is 0 Å². The van der Waals surface area contributed by atoms with Crippen LogP contribution in [0, 0.1) is 5.92 Å². The predicted molar refractivity (Wildman–Crippen MR) is 70.0 cm³/mol. The Hall–Kier alpha value is -1.32. The first kappa shape index (κ1) is 14.7. The molecule has 0 aromatic carbocycles. The number of methoxy groups -OCH3 is 1. The molecule has 1 unspecified atom stereocenters. The minimum atomic E-state index is -0.160. The molecule has 0 radical (unpaired) electrons. The molecule has 1 aliphatic rings. The summed E-state index contributed by atoms with van der Waals surface area (Å²) in [6, 6.07) is 0. The number of hydrogen-bond acceptors (Lipinski definition) is 3. The number of allylic oxidation sites excluding steroid dienone is 2. The smallest absolute Gasteiger partial charge is 0.305 e. The Kier molecular flexibility index (Phi) is 7.14. The van der Waals surface area contributed by atoms with Crippen LogP contribution >= 0.6 is 0 Å². The standard InChI is InChI=1S/C14H23NO3/c1-18-14(17)9-3-2-6-10-15-13(16)11-12-7-4-5-8-12/h4,7,12H,2-3,5-6,8-11H2,1H3,(H,15,16). The number of amides is 1. The second kappa shape index (κ2) is 8.72.